The number of rotatable bonds is 8. The Kier molecular flexibility index (Phi) is 24.0. The smallest absolute Gasteiger partial charge is 0.181 e. The fraction of sp³-hybridized carbons (Fsp3) is 0.500. The van der Waals surface area contributed by atoms with Gasteiger partial charge in [0.05, 0.1) is 105 Å². The maximum Gasteiger partial charge on any atom is 0.181 e. The standard InChI is InChI=1S/4C14H15BrF2N2O2S/c4*1-13(2,3)22(20)19-14(7-18)8-4-5-9(15)11(17)12(8)21-6-10(14)16/h4*4-5,10,19H,6H2,1-3H3/t10-,14+,22+;10-,14+,22-;10-,14-,22+;10-,14-,22-/m1010/s1. The van der Waals surface area contributed by atoms with Crippen molar-refractivity contribution in [3.63, 3.8) is 0 Å². The van der Waals surface area contributed by atoms with Crippen LogP contribution in [-0.2, 0) is 66.1 Å². The van der Waals surface area contributed by atoms with Crippen molar-refractivity contribution in [1.82, 2.24) is 18.9 Å². The summed E-state index contributed by atoms with van der Waals surface area (Å²) in [7, 11) is -6.86. The van der Waals surface area contributed by atoms with Crippen LogP contribution in [0.5, 0.6) is 23.0 Å². The van der Waals surface area contributed by atoms with Gasteiger partial charge in [0.25, 0.3) is 0 Å². The van der Waals surface area contributed by atoms with Crippen LogP contribution in [0.1, 0.15) is 105 Å². The first-order valence-corrected chi connectivity index (χ1v) is 33.8. The van der Waals surface area contributed by atoms with Gasteiger partial charge in [0.1, 0.15) is 26.4 Å². The highest BCUT2D eigenvalue weighted by atomic mass is 79.9. The molecule has 4 aromatic rings. The Morgan fingerprint density at radius 2 is 0.545 bits per heavy atom. The molecule has 4 aliphatic rings. The van der Waals surface area contributed by atoms with E-state index in [9.17, 15) is 73.0 Å². The van der Waals surface area contributed by atoms with E-state index in [1.807, 2.05) is 24.3 Å². The summed E-state index contributed by atoms with van der Waals surface area (Å²) < 4.78 is 192. The second-order valence-electron chi connectivity index (χ2n) is 23.7. The molecule has 4 heterocycles. The van der Waals surface area contributed by atoms with Crippen molar-refractivity contribution < 1.29 is 70.9 Å². The van der Waals surface area contributed by atoms with E-state index in [1.54, 1.807) is 83.1 Å². The largest absolute Gasteiger partial charge is 0.487 e. The predicted octanol–water partition coefficient (Wildman–Crippen LogP) is 12.4. The molecule has 8 rings (SSSR count). The zero-order chi connectivity index (χ0) is 66.8. The van der Waals surface area contributed by atoms with E-state index in [4.69, 9.17) is 18.9 Å². The third-order valence-electron chi connectivity index (χ3n) is 13.2. The Morgan fingerprint density at radius 3 is 0.682 bits per heavy atom. The number of alkyl halides is 4. The second kappa shape index (κ2) is 28.4. The highest BCUT2D eigenvalue weighted by Crippen LogP contribution is 2.47. The van der Waals surface area contributed by atoms with Crippen molar-refractivity contribution in [3.8, 4) is 47.3 Å². The topological polar surface area (TPSA) is 248 Å². The van der Waals surface area contributed by atoms with Crippen molar-refractivity contribution in [2.24, 2.45) is 0 Å². The molecule has 32 heteroatoms. The fourth-order valence-electron chi connectivity index (χ4n) is 8.02. The Morgan fingerprint density at radius 1 is 0.386 bits per heavy atom. The Balaban J connectivity index is 0.000000214. The summed E-state index contributed by atoms with van der Waals surface area (Å²) in [4.78, 5) is 0. The van der Waals surface area contributed by atoms with Gasteiger partial charge in [-0.1, -0.05) is 24.3 Å². The monoisotopic (exact) mass is 1570 g/mol. The van der Waals surface area contributed by atoms with Gasteiger partial charge in [0.2, 0.25) is 0 Å². The van der Waals surface area contributed by atoms with Gasteiger partial charge in [0, 0.05) is 22.3 Å². The summed E-state index contributed by atoms with van der Waals surface area (Å²) in [5.41, 5.74) is -7.67. The van der Waals surface area contributed by atoms with Gasteiger partial charge in [-0.2, -0.15) is 21.0 Å². The molecule has 4 aliphatic heterocycles. The van der Waals surface area contributed by atoms with Crippen LogP contribution in [0.25, 0.3) is 0 Å². The lowest BCUT2D eigenvalue weighted by atomic mass is 9.85. The summed E-state index contributed by atoms with van der Waals surface area (Å²) in [6.45, 7) is 18.3. The lowest BCUT2D eigenvalue weighted by molar-refractivity contribution is 0.105. The number of nitrogens with zero attached hydrogens (tertiary/aromatic N) is 4. The van der Waals surface area contributed by atoms with Crippen molar-refractivity contribution >= 4 is 108 Å². The molecule has 480 valence electrons. The van der Waals surface area contributed by atoms with E-state index in [1.165, 1.54) is 48.5 Å². The molecular weight excluding hydrogens is 1510 g/mol. The number of halogens is 12. The number of ether oxygens (including phenoxy) is 4. The van der Waals surface area contributed by atoms with Crippen molar-refractivity contribution in [3.05, 3.63) is 112 Å². The first kappa shape index (κ1) is 74.6. The van der Waals surface area contributed by atoms with E-state index >= 15 is 0 Å². The second-order valence-corrected chi connectivity index (χ2v) is 35.0. The van der Waals surface area contributed by atoms with Crippen LogP contribution < -0.4 is 37.8 Å². The lowest BCUT2D eigenvalue weighted by Gasteiger charge is -2.37. The average molecular weight is 1570 g/mol. The Hall–Kier alpha value is -4.16. The fourth-order valence-corrected chi connectivity index (χ4v) is 12.8. The van der Waals surface area contributed by atoms with E-state index in [0.29, 0.717) is 0 Å². The van der Waals surface area contributed by atoms with E-state index in [0.717, 1.165) is 0 Å². The van der Waals surface area contributed by atoms with Crippen LogP contribution >= 0.6 is 63.7 Å². The average Bonchev–Trinajstić information content (AvgIpc) is 1.41. The minimum absolute atomic E-state index is 0.00653. The van der Waals surface area contributed by atoms with E-state index < -0.39 is 159 Å². The lowest BCUT2D eigenvalue weighted by Crippen LogP contribution is -2.56. The molecule has 88 heavy (non-hydrogen) atoms. The Labute approximate surface area is 548 Å². The molecule has 0 aromatic heterocycles. The minimum atomic E-state index is -1.92. The van der Waals surface area contributed by atoms with Crippen LogP contribution in [0.2, 0.25) is 0 Å². The van der Waals surface area contributed by atoms with Gasteiger partial charge in [0.15, 0.2) is 93.1 Å². The molecule has 0 saturated heterocycles. The quantitative estimate of drug-likeness (QED) is 0.120. The van der Waals surface area contributed by atoms with Crippen molar-refractivity contribution in [1.29, 1.82) is 21.0 Å². The SMILES string of the molecule is CC(C)(C)[S@](=O)N[C@@]1(C#N)c2ccc(Br)c(F)c2OC[C@@H]1F.CC(C)(C)[S@](=O)N[C@@]1(C#N)c2ccc(Br)c(F)c2OC[C@H]1F.CC(C)(C)[S@](=O)N[C@]1(C#N)c2ccc(Br)c(F)c2OC[C@@H]1F.CC(C)(C)[S@](=O)N[C@]1(C#N)c2ccc(Br)c(F)c2OC[C@H]1F. The van der Waals surface area contributed by atoms with E-state index in [-0.39, 0.29) is 63.1 Å². The predicted molar refractivity (Wildman–Crippen MR) is 331 cm³/mol. The highest BCUT2D eigenvalue weighted by Gasteiger charge is 2.54. The van der Waals surface area contributed by atoms with Crippen LogP contribution in [0.15, 0.2) is 66.4 Å². The zero-order valence-corrected chi connectivity index (χ0v) is 58.6. The summed E-state index contributed by atoms with van der Waals surface area (Å²) >= 11 is 12.1. The van der Waals surface area contributed by atoms with Crippen LogP contribution in [0.3, 0.4) is 0 Å². The van der Waals surface area contributed by atoms with E-state index in [2.05, 4.69) is 82.6 Å². The third-order valence-corrected chi connectivity index (χ3v) is 22.1. The maximum atomic E-state index is 14.5. The molecule has 16 nitrogen and oxygen atoms in total. The van der Waals surface area contributed by atoms with Gasteiger partial charge >= 0.3 is 0 Å². The molecule has 0 bridgehead atoms. The highest BCUT2D eigenvalue weighted by molar-refractivity contribution is 9.11. The van der Waals surface area contributed by atoms with Gasteiger partial charge in [-0.3, -0.25) is 0 Å². The van der Waals surface area contributed by atoms with Gasteiger partial charge in [-0.05, 0) is 171 Å². The first-order chi connectivity index (χ1) is 40.5. The Bertz CT molecular complexity index is 3150. The van der Waals surface area contributed by atoms with Crippen LogP contribution in [0.4, 0.5) is 35.1 Å². The molecule has 0 saturated carbocycles. The number of hydrogen-bond acceptors (Lipinski definition) is 12. The first-order valence-electron chi connectivity index (χ1n) is 26.0. The van der Waals surface area contributed by atoms with Crippen molar-refractivity contribution in [2.45, 2.75) is 149 Å². The number of hydrogen-bond donors (Lipinski definition) is 4. The number of nitriles is 4. The normalized spacial score (nSPS) is 25.8. The number of fused-ring (bicyclic) bond motifs is 4. The third kappa shape index (κ3) is 15.2. The number of benzene rings is 4. The molecule has 0 fully saturated rings. The summed E-state index contributed by atoms with van der Waals surface area (Å²) in [5.74, 6) is -3.68. The molecule has 0 spiro atoms. The van der Waals surface area contributed by atoms with Crippen LogP contribution in [0, 0.1) is 68.6 Å². The molecule has 0 amide bonds. The summed E-state index contributed by atoms with van der Waals surface area (Å²) in [6, 6.07) is 18.4. The molecule has 0 aliphatic carbocycles. The van der Waals surface area contributed by atoms with Gasteiger partial charge in [-0.25, -0.2) is 70.8 Å². The zero-order valence-electron chi connectivity index (χ0n) is 49.0. The molecule has 0 unspecified atom stereocenters. The molecule has 0 radical (unpaired) electrons. The van der Waals surface area contributed by atoms with Crippen molar-refractivity contribution in [2.75, 3.05) is 26.4 Å². The molecule has 4 aromatic carbocycles. The summed E-state index contributed by atoms with van der Waals surface area (Å²) in [5, 5.41) is 38.2. The molecule has 12 atom stereocenters. The maximum absolute atomic E-state index is 14.5. The molecular formula is C56H60Br4F8N8O8S4. The minimum Gasteiger partial charge on any atom is -0.487 e. The van der Waals surface area contributed by atoms with Gasteiger partial charge in [-0.15, -0.1) is 0 Å². The summed E-state index contributed by atoms with van der Waals surface area (Å²) in [6.07, 6.45) is -7.12. The van der Waals surface area contributed by atoms with Gasteiger partial charge < -0.3 is 18.9 Å². The number of nitrogens with one attached hydrogen (secondary N) is 4. The van der Waals surface area contributed by atoms with Crippen LogP contribution in [-0.4, -0.2) is 86.9 Å². The molecule has 4 N–H and O–H groups in total.